The van der Waals surface area contributed by atoms with Gasteiger partial charge in [-0.15, -0.1) is 0 Å². The van der Waals surface area contributed by atoms with Gasteiger partial charge in [0.05, 0.1) is 5.56 Å². The first-order valence-corrected chi connectivity index (χ1v) is 7.38. The minimum atomic E-state index is -0.762. The minimum absolute atomic E-state index is 0.0849. The van der Waals surface area contributed by atoms with Gasteiger partial charge in [0.25, 0.3) is 5.91 Å². The Morgan fingerprint density at radius 3 is 2.52 bits per heavy atom. The summed E-state index contributed by atoms with van der Waals surface area (Å²) in [6.45, 7) is 0. The SMILES string of the molecule is N/C(=N/O)C1(NC(=O)c2cccnc2)CCCCCCC1. The molecule has 21 heavy (non-hydrogen) atoms. The largest absolute Gasteiger partial charge is 0.409 e. The number of nitrogens with two attached hydrogens (primary N) is 1. The molecule has 1 amide bonds. The van der Waals surface area contributed by atoms with Crippen LogP contribution in [0.5, 0.6) is 0 Å². The summed E-state index contributed by atoms with van der Waals surface area (Å²) in [5, 5.41) is 15.2. The molecule has 0 spiro atoms. The van der Waals surface area contributed by atoms with E-state index in [1.165, 1.54) is 12.6 Å². The highest BCUT2D eigenvalue weighted by molar-refractivity contribution is 6.00. The van der Waals surface area contributed by atoms with Crippen molar-refractivity contribution >= 4 is 11.7 Å². The Balaban J connectivity index is 2.21. The molecular weight excluding hydrogens is 268 g/mol. The second-order valence-electron chi connectivity index (χ2n) is 5.53. The van der Waals surface area contributed by atoms with Gasteiger partial charge in [0.2, 0.25) is 0 Å². The number of carbonyl (C=O) groups excluding carboxylic acids is 1. The van der Waals surface area contributed by atoms with Crippen LogP contribution < -0.4 is 11.1 Å². The Hall–Kier alpha value is -2.11. The Morgan fingerprint density at radius 2 is 1.95 bits per heavy atom. The third-order valence-corrected chi connectivity index (χ3v) is 4.08. The number of hydrogen-bond donors (Lipinski definition) is 3. The summed E-state index contributed by atoms with van der Waals surface area (Å²) in [4.78, 5) is 16.3. The fourth-order valence-corrected chi connectivity index (χ4v) is 2.84. The van der Waals surface area contributed by atoms with Crippen molar-refractivity contribution in [3.05, 3.63) is 30.1 Å². The minimum Gasteiger partial charge on any atom is -0.409 e. The molecule has 1 fully saturated rings. The molecule has 0 aliphatic heterocycles. The summed E-state index contributed by atoms with van der Waals surface area (Å²) in [5.74, 6) is -0.156. The zero-order valence-electron chi connectivity index (χ0n) is 12.1. The molecule has 2 rings (SSSR count). The molecule has 114 valence electrons. The van der Waals surface area contributed by atoms with Gasteiger partial charge in [-0.25, -0.2) is 0 Å². The summed E-state index contributed by atoms with van der Waals surface area (Å²) in [6, 6.07) is 3.41. The zero-order valence-corrected chi connectivity index (χ0v) is 12.1. The van der Waals surface area contributed by atoms with E-state index in [0.29, 0.717) is 18.4 Å². The van der Waals surface area contributed by atoms with Crippen molar-refractivity contribution < 1.29 is 10.0 Å². The molecule has 1 aliphatic rings. The van der Waals surface area contributed by atoms with Crippen LogP contribution >= 0.6 is 0 Å². The Labute approximate surface area is 124 Å². The van der Waals surface area contributed by atoms with Crippen LogP contribution in [0.3, 0.4) is 0 Å². The quantitative estimate of drug-likeness (QED) is 0.343. The monoisotopic (exact) mass is 290 g/mol. The Kier molecular flexibility index (Phi) is 5.14. The number of hydrogen-bond acceptors (Lipinski definition) is 4. The van der Waals surface area contributed by atoms with Crippen LogP contribution in [0.4, 0.5) is 0 Å². The average molecular weight is 290 g/mol. The predicted octanol–water partition coefficient (Wildman–Crippen LogP) is 2.04. The highest BCUT2D eigenvalue weighted by Crippen LogP contribution is 2.27. The number of amidine groups is 1. The molecule has 1 saturated carbocycles. The second-order valence-corrected chi connectivity index (χ2v) is 5.53. The molecule has 4 N–H and O–H groups in total. The van der Waals surface area contributed by atoms with E-state index in [4.69, 9.17) is 10.9 Å². The third-order valence-electron chi connectivity index (χ3n) is 4.08. The molecule has 1 aromatic heterocycles. The normalized spacial score (nSPS) is 19.3. The summed E-state index contributed by atoms with van der Waals surface area (Å²) in [5.41, 5.74) is 5.61. The summed E-state index contributed by atoms with van der Waals surface area (Å²) in [6.07, 6.45) is 9.80. The highest BCUT2D eigenvalue weighted by atomic mass is 16.4. The van der Waals surface area contributed by atoms with Gasteiger partial charge in [-0.2, -0.15) is 0 Å². The first-order chi connectivity index (χ1) is 10.2. The summed E-state index contributed by atoms with van der Waals surface area (Å²) < 4.78 is 0. The summed E-state index contributed by atoms with van der Waals surface area (Å²) in [7, 11) is 0. The number of oxime groups is 1. The van der Waals surface area contributed by atoms with Gasteiger partial charge in [0, 0.05) is 12.4 Å². The Bertz CT molecular complexity index is 494. The van der Waals surface area contributed by atoms with Crippen LogP contribution in [0.1, 0.15) is 55.3 Å². The molecule has 1 heterocycles. The van der Waals surface area contributed by atoms with E-state index in [1.807, 2.05) is 0 Å². The second kappa shape index (κ2) is 7.06. The molecule has 1 aliphatic carbocycles. The maximum Gasteiger partial charge on any atom is 0.253 e. The number of amides is 1. The van der Waals surface area contributed by atoms with Crippen molar-refractivity contribution in [2.45, 2.75) is 50.5 Å². The standard InChI is InChI=1S/C15H22N4O2/c16-14(19-21)15(8-4-2-1-3-5-9-15)18-13(20)12-7-6-10-17-11-12/h6-7,10-11,21H,1-5,8-9H2,(H2,16,19)(H,18,20). The number of carbonyl (C=O) groups is 1. The zero-order chi connectivity index (χ0) is 15.1. The van der Waals surface area contributed by atoms with Crippen molar-refractivity contribution in [1.82, 2.24) is 10.3 Å². The lowest BCUT2D eigenvalue weighted by atomic mass is 9.82. The van der Waals surface area contributed by atoms with Crippen molar-refractivity contribution in [2.24, 2.45) is 10.9 Å². The number of rotatable bonds is 3. The summed E-state index contributed by atoms with van der Waals surface area (Å²) >= 11 is 0. The lowest BCUT2D eigenvalue weighted by Gasteiger charge is -2.35. The van der Waals surface area contributed by atoms with Gasteiger partial charge < -0.3 is 16.3 Å². The predicted molar refractivity (Wildman–Crippen MR) is 80.2 cm³/mol. The molecule has 0 aromatic carbocycles. The lowest BCUT2D eigenvalue weighted by molar-refractivity contribution is 0.0910. The highest BCUT2D eigenvalue weighted by Gasteiger charge is 2.36. The molecule has 0 unspecified atom stereocenters. The van der Waals surface area contributed by atoms with E-state index in [1.54, 1.807) is 18.3 Å². The van der Waals surface area contributed by atoms with Gasteiger partial charge in [-0.3, -0.25) is 9.78 Å². The smallest absolute Gasteiger partial charge is 0.253 e. The van der Waals surface area contributed by atoms with E-state index >= 15 is 0 Å². The van der Waals surface area contributed by atoms with Gasteiger partial charge >= 0.3 is 0 Å². The Morgan fingerprint density at radius 1 is 1.29 bits per heavy atom. The molecule has 0 radical (unpaired) electrons. The van der Waals surface area contributed by atoms with E-state index in [2.05, 4.69) is 15.5 Å². The van der Waals surface area contributed by atoms with Crippen molar-refractivity contribution in [1.29, 1.82) is 0 Å². The maximum absolute atomic E-state index is 12.4. The molecule has 6 nitrogen and oxygen atoms in total. The van der Waals surface area contributed by atoms with E-state index < -0.39 is 5.54 Å². The fraction of sp³-hybridized carbons (Fsp3) is 0.533. The molecular formula is C15H22N4O2. The van der Waals surface area contributed by atoms with E-state index in [0.717, 1.165) is 25.7 Å². The van der Waals surface area contributed by atoms with Gasteiger partial charge in [-0.1, -0.05) is 37.3 Å². The molecule has 1 aromatic rings. The number of nitrogens with zero attached hydrogens (tertiary/aromatic N) is 2. The van der Waals surface area contributed by atoms with Gasteiger partial charge in [0.1, 0.15) is 5.54 Å². The van der Waals surface area contributed by atoms with Crippen LogP contribution in [0.15, 0.2) is 29.7 Å². The third kappa shape index (κ3) is 3.71. The molecule has 0 saturated heterocycles. The number of pyridine rings is 1. The lowest BCUT2D eigenvalue weighted by Crippen LogP contribution is -2.57. The van der Waals surface area contributed by atoms with Crippen molar-refractivity contribution in [3.63, 3.8) is 0 Å². The molecule has 0 bridgehead atoms. The van der Waals surface area contributed by atoms with Crippen LogP contribution in [0.2, 0.25) is 0 Å². The maximum atomic E-state index is 12.4. The number of nitrogens with one attached hydrogen (secondary N) is 1. The van der Waals surface area contributed by atoms with Crippen LogP contribution in [-0.4, -0.2) is 27.5 Å². The van der Waals surface area contributed by atoms with Crippen LogP contribution in [-0.2, 0) is 0 Å². The first-order valence-electron chi connectivity index (χ1n) is 7.38. The average Bonchev–Trinajstić information content (AvgIpc) is 2.50. The van der Waals surface area contributed by atoms with Gasteiger partial charge in [-0.05, 0) is 25.0 Å². The molecule has 6 heteroatoms. The van der Waals surface area contributed by atoms with Gasteiger partial charge in [0.15, 0.2) is 5.84 Å². The van der Waals surface area contributed by atoms with Crippen molar-refractivity contribution in [2.75, 3.05) is 0 Å². The van der Waals surface area contributed by atoms with E-state index in [-0.39, 0.29) is 11.7 Å². The van der Waals surface area contributed by atoms with E-state index in [9.17, 15) is 4.79 Å². The fourth-order valence-electron chi connectivity index (χ4n) is 2.84. The molecule has 0 atom stereocenters. The topological polar surface area (TPSA) is 101 Å². The van der Waals surface area contributed by atoms with Crippen molar-refractivity contribution in [3.8, 4) is 0 Å². The number of aromatic nitrogens is 1. The van der Waals surface area contributed by atoms with Crippen LogP contribution in [0.25, 0.3) is 0 Å². The van der Waals surface area contributed by atoms with Crippen LogP contribution in [0, 0.1) is 0 Å². The first kappa shape index (κ1) is 15.3.